The Hall–Kier alpha value is -4.33. The maximum absolute atomic E-state index is 13.4. The van der Waals surface area contributed by atoms with E-state index in [9.17, 15) is 24.6 Å². The molecule has 2 amide bonds. The van der Waals surface area contributed by atoms with Crippen molar-refractivity contribution in [3.63, 3.8) is 0 Å². The first-order chi connectivity index (χ1) is 18.7. The lowest BCUT2D eigenvalue weighted by molar-refractivity contribution is -0.142. The Bertz CT molecular complexity index is 1290. The van der Waals surface area contributed by atoms with Crippen molar-refractivity contribution < 1.29 is 29.3 Å². The molecular formula is C31H34N2O6. The highest BCUT2D eigenvalue weighted by Crippen LogP contribution is 2.44. The van der Waals surface area contributed by atoms with Crippen LogP contribution in [0, 0.1) is 5.92 Å². The molecule has 1 unspecified atom stereocenters. The van der Waals surface area contributed by atoms with Crippen molar-refractivity contribution >= 4 is 18.0 Å². The fourth-order valence-electron chi connectivity index (χ4n) is 5.17. The zero-order valence-corrected chi connectivity index (χ0v) is 22.3. The molecule has 8 nitrogen and oxygen atoms in total. The Kier molecular flexibility index (Phi) is 8.54. The van der Waals surface area contributed by atoms with Gasteiger partial charge in [-0.15, -0.1) is 0 Å². The molecular weight excluding hydrogens is 496 g/mol. The number of nitrogens with zero attached hydrogens (tertiary/aromatic N) is 1. The number of carboxylic acids is 1. The molecule has 3 aromatic carbocycles. The maximum Gasteiger partial charge on any atom is 0.410 e. The number of aliphatic carboxylic acids is 1. The van der Waals surface area contributed by atoms with Crippen LogP contribution in [-0.4, -0.2) is 58.8 Å². The Labute approximate surface area is 228 Å². The second-order valence-electron chi connectivity index (χ2n) is 10.0. The van der Waals surface area contributed by atoms with Gasteiger partial charge in [-0.3, -0.25) is 9.69 Å². The van der Waals surface area contributed by atoms with Gasteiger partial charge in [0.2, 0.25) is 5.91 Å². The molecule has 0 aromatic heterocycles. The number of phenolic OH excluding ortho intramolecular Hbond substituents is 1. The summed E-state index contributed by atoms with van der Waals surface area (Å²) in [6, 6.07) is 20.1. The average Bonchev–Trinajstić information content (AvgIpc) is 3.26. The van der Waals surface area contributed by atoms with Crippen LogP contribution < -0.4 is 5.32 Å². The Balaban J connectivity index is 1.46. The van der Waals surface area contributed by atoms with Crippen LogP contribution in [0.1, 0.15) is 42.9 Å². The van der Waals surface area contributed by atoms with Gasteiger partial charge < -0.3 is 20.3 Å². The summed E-state index contributed by atoms with van der Waals surface area (Å²) in [7, 11) is 1.50. The molecule has 3 atom stereocenters. The van der Waals surface area contributed by atoms with Crippen molar-refractivity contribution in [2.24, 2.45) is 5.92 Å². The number of benzene rings is 3. The Morgan fingerprint density at radius 3 is 2.05 bits per heavy atom. The van der Waals surface area contributed by atoms with E-state index in [1.807, 2.05) is 50.2 Å². The smallest absolute Gasteiger partial charge is 0.410 e. The number of amides is 2. The number of carbonyl (C=O) groups is 3. The highest BCUT2D eigenvalue weighted by Gasteiger charge is 2.36. The first kappa shape index (κ1) is 27.7. The number of carbonyl (C=O) groups excluding carboxylic acids is 2. The van der Waals surface area contributed by atoms with Crippen molar-refractivity contribution in [3.8, 4) is 16.9 Å². The molecule has 4 rings (SSSR count). The number of aromatic hydroxyl groups is 1. The summed E-state index contributed by atoms with van der Waals surface area (Å²) < 4.78 is 5.75. The second-order valence-corrected chi connectivity index (χ2v) is 10.0. The first-order valence-electron chi connectivity index (χ1n) is 13.1. The van der Waals surface area contributed by atoms with Gasteiger partial charge in [-0.2, -0.15) is 0 Å². The molecule has 0 spiro atoms. The number of nitrogens with one attached hydrogen (secondary N) is 1. The molecule has 0 bridgehead atoms. The van der Waals surface area contributed by atoms with Crippen LogP contribution in [0.4, 0.5) is 4.79 Å². The van der Waals surface area contributed by atoms with Gasteiger partial charge in [-0.1, -0.05) is 80.9 Å². The molecule has 39 heavy (non-hydrogen) atoms. The molecule has 0 aliphatic heterocycles. The zero-order valence-electron chi connectivity index (χ0n) is 22.3. The van der Waals surface area contributed by atoms with Gasteiger partial charge in [0.15, 0.2) is 0 Å². The molecule has 1 aliphatic carbocycles. The van der Waals surface area contributed by atoms with Crippen LogP contribution in [0.3, 0.4) is 0 Å². The minimum absolute atomic E-state index is 0.0310. The van der Waals surface area contributed by atoms with Crippen molar-refractivity contribution in [3.05, 3.63) is 89.5 Å². The van der Waals surface area contributed by atoms with Crippen LogP contribution in [0.25, 0.3) is 11.1 Å². The molecule has 0 fully saturated rings. The fraction of sp³-hybridized carbons (Fsp3) is 0.323. The second kappa shape index (κ2) is 12.0. The number of likely N-dealkylation sites (N-methyl/N-ethyl adjacent to an activating group) is 1. The van der Waals surface area contributed by atoms with E-state index in [1.165, 1.54) is 24.1 Å². The van der Waals surface area contributed by atoms with Crippen LogP contribution in [0.5, 0.6) is 5.75 Å². The van der Waals surface area contributed by atoms with Gasteiger partial charge in [0.1, 0.15) is 24.4 Å². The number of hydrogen-bond acceptors (Lipinski definition) is 5. The molecule has 3 aromatic rings. The first-order valence-corrected chi connectivity index (χ1v) is 13.1. The minimum Gasteiger partial charge on any atom is -0.508 e. The van der Waals surface area contributed by atoms with Crippen molar-refractivity contribution in [2.75, 3.05) is 13.7 Å². The Morgan fingerprint density at radius 2 is 1.51 bits per heavy atom. The number of hydrogen-bond donors (Lipinski definition) is 3. The molecule has 0 saturated heterocycles. The highest BCUT2D eigenvalue weighted by molar-refractivity contribution is 5.89. The maximum atomic E-state index is 13.4. The number of carboxylic acid groups (broad SMARTS) is 1. The monoisotopic (exact) mass is 530 g/mol. The number of fused-ring (bicyclic) bond motifs is 3. The summed E-state index contributed by atoms with van der Waals surface area (Å²) in [4.78, 5) is 39.8. The predicted molar refractivity (Wildman–Crippen MR) is 147 cm³/mol. The van der Waals surface area contributed by atoms with Crippen LogP contribution in [0.2, 0.25) is 0 Å². The number of rotatable bonds is 10. The van der Waals surface area contributed by atoms with E-state index >= 15 is 0 Å². The van der Waals surface area contributed by atoms with E-state index in [1.54, 1.807) is 12.1 Å². The van der Waals surface area contributed by atoms with Crippen molar-refractivity contribution in [2.45, 2.75) is 44.7 Å². The van der Waals surface area contributed by atoms with Crippen LogP contribution in [0.15, 0.2) is 72.8 Å². The molecule has 3 N–H and O–H groups in total. The largest absolute Gasteiger partial charge is 0.508 e. The summed E-state index contributed by atoms with van der Waals surface area (Å²) >= 11 is 0. The molecule has 0 radical (unpaired) electrons. The lowest BCUT2D eigenvalue weighted by atomic mass is 9.96. The third-order valence-electron chi connectivity index (χ3n) is 7.48. The lowest BCUT2D eigenvalue weighted by Crippen LogP contribution is -2.55. The molecule has 0 saturated carbocycles. The summed E-state index contributed by atoms with van der Waals surface area (Å²) in [5.74, 6) is -2.06. The standard InChI is InChI=1S/C31H34N2O6/c1-4-19(2)28(29(35)32-27(30(36)37)17-20-13-15-21(34)16-14-20)33(3)31(38)39-18-26-24-11-7-5-9-22(24)23-10-6-8-12-25(23)26/h5-16,19,26-28,34H,4,17-18H2,1-3H3,(H,32,35)(H,36,37)/t19-,27?,28-/m0/s1. The van der Waals surface area contributed by atoms with Crippen molar-refractivity contribution in [1.29, 1.82) is 0 Å². The van der Waals surface area contributed by atoms with Gasteiger partial charge in [0, 0.05) is 19.4 Å². The van der Waals surface area contributed by atoms with Gasteiger partial charge in [0.25, 0.3) is 0 Å². The molecule has 0 heterocycles. The molecule has 204 valence electrons. The van der Waals surface area contributed by atoms with E-state index in [0.717, 1.165) is 22.3 Å². The SMILES string of the molecule is CC[C@H](C)[C@@H](C(=O)NC(Cc1ccc(O)cc1)C(=O)O)N(C)C(=O)OCC1c2ccccc2-c2ccccc21. The summed E-state index contributed by atoms with van der Waals surface area (Å²) in [5.41, 5.74) is 5.05. The van der Waals surface area contributed by atoms with Gasteiger partial charge in [-0.05, 0) is 45.9 Å². The van der Waals surface area contributed by atoms with Gasteiger partial charge >= 0.3 is 12.1 Å². The normalized spacial score (nSPS) is 14.4. The van der Waals surface area contributed by atoms with Crippen LogP contribution >= 0.6 is 0 Å². The summed E-state index contributed by atoms with van der Waals surface area (Å²) in [5, 5.41) is 21.9. The third-order valence-corrected chi connectivity index (χ3v) is 7.48. The zero-order chi connectivity index (χ0) is 28.1. The quantitative estimate of drug-likeness (QED) is 0.347. The van der Waals surface area contributed by atoms with E-state index in [0.29, 0.717) is 12.0 Å². The van der Waals surface area contributed by atoms with Crippen molar-refractivity contribution in [1.82, 2.24) is 10.2 Å². The molecule has 8 heteroatoms. The van der Waals surface area contributed by atoms with E-state index in [2.05, 4.69) is 17.4 Å². The van der Waals surface area contributed by atoms with Gasteiger partial charge in [0.05, 0.1) is 0 Å². The van der Waals surface area contributed by atoms with E-state index < -0.39 is 30.1 Å². The number of ether oxygens (including phenoxy) is 1. The summed E-state index contributed by atoms with van der Waals surface area (Å²) in [6.45, 7) is 3.86. The lowest BCUT2D eigenvalue weighted by Gasteiger charge is -2.32. The van der Waals surface area contributed by atoms with E-state index in [4.69, 9.17) is 4.74 Å². The fourth-order valence-corrected chi connectivity index (χ4v) is 5.17. The topological polar surface area (TPSA) is 116 Å². The van der Waals surface area contributed by atoms with Gasteiger partial charge in [-0.25, -0.2) is 9.59 Å². The van der Waals surface area contributed by atoms with E-state index in [-0.39, 0.29) is 30.6 Å². The highest BCUT2D eigenvalue weighted by atomic mass is 16.6. The average molecular weight is 531 g/mol. The minimum atomic E-state index is -1.20. The molecule has 1 aliphatic rings. The number of phenols is 1. The third kappa shape index (κ3) is 6.06. The summed E-state index contributed by atoms with van der Waals surface area (Å²) in [6.07, 6.45) is -0.0272. The predicted octanol–water partition coefficient (Wildman–Crippen LogP) is 4.80. The Morgan fingerprint density at radius 1 is 0.949 bits per heavy atom. The van der Waals surface area contributed by atoms with Crippen LogP contribution in [-0.2, 0) is 20.7 Å².